The minimum absolute atomic E-state index is 0.400. The van der Waals surface area contributed by atoms with Gasteiger partial charge in [-0.2, -0.15) is 0 Å². The lowest BCUT2D eigenvalue weighted by Gasteiger charge is -2.30. The molecule has 0 unspecified atom stereocenters. The van der Waals surface area contributed by atoms with Gasteiger partial charge in [0.1, 0.15) is 5.52 Å². The first-order valence-electron chi connectivity index (χ1n) is 6.79. The van der Waals surface area contributed by atoms with Crippen LogP contribution in [0.5, 0.6) is 0 Å². The Morgan fingerprint density at radius 3 is 2.80 bits per heavy atom. The minimum atomic E-state index is 0.400. The topological polar surface area (TPSA) is 29.3 Å². The van der Waals surface area contributed by atoms with E-state index in [4.69, 9.17) is 27.6 Å². The standard InChI is InChI=1S/C15H16Cl2N2O/c16-9-12(17)10-19-7-5-11(6-8-19)15-18-13-3-1-2-4-14(13)20-15/h1-4,9,11H,5-8,10H2. The van der Waals surface area contributed by atoms with Crippen LogP contribution in [0.15, 0.2) is 39.3 Å². The molecular weight excluding hydrogens is 295 g/mol. The van der Waals surface area contributed by atoms with Gasteiger partial charge in [-0.05, 0) is 38.1 Å². The van der Waals surface area contributed by atoms with E-state index in [1.807, 2.05) is 24.3 Å². The number of benzene rings is 1. The van der Waals surface area contributed by atoms with Crippen molar-refractivity contribution in [3.63, 3.8) is 0 Å². The minimum Gasteiger partial charge on any atom is -0.440 e. The Kier molecular flexibility index (Phi) is 4.29. The Morgan fingerprint density at radius 1 is 1.35 bits per heavy atom. The van der Waals surface area contributed by atoms with E-state index in [1.165, 1.54) is 5.54 Å². The normalized spacial score (nSPS) is 18.8. The molecule has 0 spiro atoms. The lowest BCUT2D eigenvalue weighted by atomic mass is 9.97. The van der Waals surface area contributed by atoms with Gasteiger partial charge in [0.15, 0.2) is 11.5 Å². The molecule has 106 valence electrons. The van der Waals surface area contributed by atoms with Crippen molar-refractivity contribution >= 4 is 34.3 Å². The van der Waals surface area contributed by atoms with Gasteiger partial charge >= 0.3 is 0 Å². The fourth-order valence-electron chi connectivity index (χ4n) is 2.65. The van der Waals surface area contributed by atoms with Gasteiger partial charge in [-0.15, -0.1) is 0 Å². The molecule has 1 aliphatic rings. The Labute approximate surface area is 128 Å². The Balaban J connectivity index is 1.65. The molecule has 1 aliphatic heterocycles. The monoisotopic (exact) mass is 310 g/mol. The maximum Gasteiger partial charge on any atom is 0.198 e. The van der Waals surface area contributed by atoms with Crippen molar-refractivity contribution in [3.05, 3.63) is 40.7 Å². The predicted octanol–water partition coefficient (Wildman–Crippen LogP) is 4.33. The molecule has 1 fully saturated rings. The van der Waals surface area contributed by atoms with Crippen molar-refractivity contribution in [1.29, 1.82) is 0 Å². The summed E-state index contributed by atoms with van der Waals surface area (Å²) < 4.78 is 5.86. The number of aromatic nitrogens is 1. The molecule has 0 amide bonds. The van der Waals surface area contributed by atoms with Gasteiger partial charge in [0, 0.05) is 23.0 Å². The van der Waals surface area contributed by atoms with Crippen LogP contribution in [0.25, 0.3) is 11.1 Å². The molecule has 0 aliphatic carbocycles. The van der Waals surface area contributed by atoms with Gasteiger partial charge in [0.25, 0.3) is 0 Å². The van der Waals surface area contributed by atoms with Crippen LogP contribution >= 0.6 is 23.2 Å². The molecule has 3 rings (SSSR count). The molecule has 5 heteroatoms. The SMILES string of the molecule is ClC=C(Cl)CN1CCC(c2nc3ccccc3o2)CC1. The number of para-hydroxylation sites is 2. The van der Waals surface area contributed by atoms with E-state index in [9.17, 15) is 0 Å². The molecule has 0 radical (unpaired) electrons. The highest BCUT2D eigenvalue weighted by molar-refractivity contribution is 6.36. The van der Waals surface area contributed by atoms with Gasteiger partial charge in [0.2, 0.25) is 0 Å². The van der Waals surface area contributed by atoms with Gasteiger partial charge in [0.05, 0.1) is 0 Å². The van der Waals surface area contributed by atoms with Gasteiger partial charge in [-0.3, -0.25) is 4.90 Å². The molecule has 1 aromatic heterocycles. The van der Waals surface area contributed by atoms with E-state index >= 15 is 0 Å². The summed E-state index contributed by atoms with van der Waals surface area (Å²) in [5.41, 5.74) is 3.25. The van der Waals surface area contributed by atoms with Crippen LogP contribution < -0.4 is 0 Å². The smallest absolute Gasteiger partial charge is 0.198 e. The average Bonchev–Trinajstić information content (AvgIpc) is 2.91. The third-order valence-corrected chi connectivity index (χ3v) is 4.34. The summed E-state index contributed by atoms with van der Waals surface area (Å²) in [4.78, 5) is 6.90. The lowest BCUT2D eigenvalue weighted by Crippen LogP contribution is -2.33. The van der Waals surface area contributed by atoms with Gasteiger partial charge in [-0.1, -0.05) is 35.3 Å². The van der Waals surface area contributed by atoms with Crippen LogP contribution in [0.3, 0.4) is 0 Å². The number of halogens is 2. The second-order valence-corrected chi connectivity index (χ2v) is 5.83. The van der Waals surface area contributed by atoms with Crippen LogP contribution in [0.1, 0.15) is 24.7 Å². The third kappa shape index (κ3) is 3.00. The summed E-state index contributed by atoms with van der Waals surface area (Å²) in [6.07, 6.45) is 2.08. The van der Waals surface area contributed by atoms with Crippen LogP contribution in [-0.2, 0) is 0 Å². The maximum atomic E-state index is 5.96. The molecule has 0 atom stereocenters. The molecule has 2 aromatic rings. The zero-order chi connectivity index (χ0) is 13.9. The molecule has 0 saturated carbocycles. The van der Waals surface area contributed by atoms with E-state index in [1.54, 1.807) is 0 Å². The van der Waals surface area contributed by atoms with E-state index < -0.39 is 0 Å². The van der Waals surface area contributed by atoms with Crippen LogP contribution in [0.2, 0.25) is 0 Å². The molecular formula is C15H16Cl2N2O. The first-order chi connectivity index (χ1) is 9.76. The van der Waals surface area contributed by atoms with E-state index in [-0.39, 0.29) is 0 Å². The van der Waals surface area contributed by atoms with Crippen LogP contribution in [0.4, 0.5) is 0 Å². The second-order valence-electron chi connectivity index (χ2n) is 5.13. The number of hydrogen-bond acceptors (Lipinski definition) is 3. The summed E-state index contributed by atoms with van der Waals surface area (Å²) in [6, 6.07) is 7.91. The van der Waals surface area contributed by atoms with Crippen LogP contribution in [-0.4, -0.2) is 29.5 Å². The highest BCUT2D eigenvalue weighted by Crippen LogP contribution is 2.30. The quantitative estimate of drug-likeness (QED) is 0.845. The lowest BCUT2D eigenvalue weighted by molar-refractivity contribution is 0.217. The average molecular weight is 311 g/mol. The highest BCUT2D eigenvalue weighted by Gasteiger charge is 2.24. The zero-order valence-electron chi connectivity index (χ0n) is 11.1. The summed E-state index contributed by atoms with van der Waals surface area (Å²) in [5.74, 6) is 1.27. The first-order valence-corrected chi connectivity index (χ1v) is 7.60. The predicted molar refractivity (Wildman–Crippen MR) is 82.2 cm³/mol. The second kappa shape index (κ2) is 6.17. The Hall–Kier alpha value is -1.03. The summed E-state index contributed by atoms with van der Waals surface area (Å²) >= 11 is 11.6. The number of piperidine rings is 1. The number of nitrogens with zero attached hydrogens (tertiary/aromatic N) is 2. The largest absolute Gasteiger partial charge is 0.440 e. The van der Waals surface area contributed by atoms with Crippen molar-refractivity contribution in [1.82, 2.24) is 9.88 Å². The third-order valence-electron chi connectivity index (χ3n) is 3.74. The van der Waals surface area contributed by atoms with E-state index in [0.29, 0.717) is 11.0 Å². The number of hydrogen-bond donors (Lipinski definition) is 0. The fourth-order valence-corrected chi connectivity index (χ4v) is 2.89. The maximum absolute atomic E-state index is 5.96. The molecule has 20 heavy (non-hydrogen) atoms. The van der Waals surface area contributed by atoms with E-state index in [2.05, 4.69) is 9.88 Å². The fraction of sp³-hybridized carbons (Fsp3) is 0.400. The van der Waals surface area contributed by atoms with Crippen molar-refractivity contribution in [3.8, 4) is 0 Å². The van der Waals surface area contributed by atoms with Crippen molar-refractivity contribution < 1.29 is 4.42 Å². The molecule has 2 heterocycles. The first kappa shape index (κ1) is 13.9. The van der Waals surface area contributed by atoms with Gasteiger partial charge < -0.3 is 4.42 Å². The Bertz CT molecular complexity index is 582. The molecule has 0 bridgehead atoms. The highest BCUT2D eigenvalue weighted by atomic mass is 35.5. The Morgan fingerprint density at radius 2 is 2.10 bits per heavy atom. The number of rotatable bonds is 3. The van der Waals surface area contributed by atoms with Crippen LogP contribution in [0, 0.1) is 0 Å². The zero-order valence-corrected chi connectivity index (χ0v) is 12.6. The number of fused-ring (bicyclic) bond motifs is 1. The summed E-state index contributed by atoms with van der Waals surface area (Å²) in [5, 5.41) is 0.687. The van der Waals surface area contributed by atoms with Crippen molar-refractivity contribution in [2.75, 3.05) is 19.6 Å². The molecule has 3 nitrogen and oxygen atoms in total. The summed E-state index contributed by atoms with van der Waals surface area (Å²) in [7, 11) is 0. The van der Waals surface area contributed by atoms with Crippen molar-refractivity contribution in [2.24, 2.45) is 0 Å². The molecule has 0 N–H and O–H groups in total. The van der Waals surface area contributed by atoms with E-state index in [0.717, 1.165) is 49.5 Å². The number of likely N-dealkylation sites (tertiary alicyclic amines) is 1. The summed E-state index contributed by atoms with van der Waals surface area (Å²) in [6.45, 7) is 2.71. The van der Waals surface area contributed by atoms with Gasteiger partial charge in [-0.25, -0.2) is 4.98 Å². The van der Waals surface area contributed by atoms with Crippen molar-refractivity contribution in [2.45, 2.75) is 18.8 Å². The molecule has 1 saturated heterocycles. The number of oxazole rings is 1. The molecule has 1 aromatic carbocycles.